The molecular weight excluding hydrogens is 298 g/mol. The maximum atomic E-state index is 3.54. The first-order chi connectivity index (χ1) is 7.47. The average molecular weight is 323 g/mol. The summed E-state index contributed by atoms with van der Waals surface area (Å²) in [6, 6.07) is 10.0. The van der Waals surface area contributed by atoms with Gasteiger partial charge < -0.3 is 21.9 Å². The summed E-state index contributed by atoms with van der Waals surface area (Å²) in [5, 5.41) is 0. The van der Waals surface area contributed by atoms with Crippen molar-refractivity contribution in [1.82, 2.24) is 4.90 Å². The third-order valence-corrected chi connectivity index (χ3v) is 2.95. The normalized spacial score (nSPS) is 10.8. The average Bonchev–Trinajstić information content (AvgIpc) is 2.25. The Labute approximate surface area is 139 Å². The van der Waals surface area contributed by atoms with E-state index in [2.05, 4.69) is 63.8 Å². The topological polar surface area (TPSA) is 3.24 Å². The molecule has 1 aromatic carbocycles. The van der Waals surface area contributed by atoms with Crippen LogP contribution in [-0.2, 0) is 12.0 Å². The van der Waals surface area contributed by atoms with Crippen LogP contribution in [0.4, 0.5) is 0 Å². The van der Waals surface area contributed by atoms with Gasteiger partial charge in [0.15, 0.2) is 0 Å². The predicted molar refractivity (Wildman–Crippen MR) is 76.4 cm³/mol. The number of halogens is 1. The minimum atomic E-state index is 0. The summed E-state index contributed by atoms with van der Waals surface area (Å²) in [4.78, 5) is 2.41. The largest absolute Gasteiger partial charge is 2.00 e. The van der Waals surface area contributed by atoms with Gasteiger partial charge in [0.05, 0.1) is 0 Å². The smallest absolute Gasteiger partial charge is 1.00 e. The van der Waals surface area contributed by atoms with E-state index in [1.54, 1.807) is 0 Å². The summed E-state index contributed by atoms with van der Waals surface area (Å²) in [6.07, 6.45) is 0. The molecule has 0 fully saturated rings. The second-order valence-corrected chi connectivity index (χ2v) is 5.30. The van der Waals surface area contributed by atoms with Crippen LogP contribution in [0.2, 0.25) is 0 Å². The molecule has 0 aliphatic heterocycles. The molecular formula is C15H24BrMgN. The Bertz CT molecular complexity index is 330. The minimum absolute atomic E-state index is 0. The molecule has 98 valence electrons. The summed E-state index contributed by atoms with van der Waals surface area (Å²) in [5.41, 5.74) is 2.80. The van der Waals surface area contributed by atoms with Gasteiger partial charge in [0, 0.05) is 6.54 Å². The first-order valence-corrected chi connectivity index (χ1v) is 6.21. The summed E-state index contributed by atoms with van der Waals surface area (Å²) < 4.78 is 0. The van der Waals surface area contributed by atoms with Crippen molar-refractivity contribution in [1.29, 1.82) is 0 Å². The summed E-state index contributed by atoms with van der Waals surface area (Å²) in [6.45, 7) is 14.3. The maximum Gasteiger partial charge on any atom is 2.00 e. The molecule has 0 bridgehead atoms. The SMILES string of the molecule is CCN(CC)Cc1[c-]c(C(C)(C)C)ccc1.[Br-].[Mg+2]. The molecule has 3 heteroatoms. The number of benzene rings is 1. The van der Waals surface area contributed by atoms with Crippen LogP contribution in [0.15, 0.2) is 18.2 Å². The van der Waals surface area contributed by atoms with Crippen molar-refractivity contribution in [2.24, 2.45) is 0 Å². The van der Waals surface area contributed by atoms with Gasteiger partial charge in [0.25, 0.3) is 0 Å². The molecule has 18 heavy (non-hydrogen) atoms. The Hall–Kier alpha value is 0.426. The van der Waals surface area contributed by atoms with Crippen LogP contribution in [0.3, 0.4) is 0 Å². The Morgan fingerprint density at radius 3 is 2.11 bits per heavy atom. The third kappa shape index (κ3) is 6.55. The molecule has 0 radical (unpaired) electrons. The monoisotopic (exact) mass is 321 g/mol. The maximum absolute atomic E-state index is 3.54. The molecule has 1 nitrogen and oxygen atoms in total. The predicted octanol–water partition coefficient (Wildman–Crippen LogP) is 0.249. The molecule has 0 N–H and O–H groups in total. The molecule has 1 rings (SSSR count). The van der Waals surface area contributed by atoms with E-state index < -0.39 is 0 Å². The first kappa shape index (κ1) is 20.7. The summed E-state index contributed by atoms with van der Waals surface area (Å²) in [7, 11) is 0. The second kappa shape index (κ2) is 9.35. The van der Waals surface area contributed by atoms with Gasteiger partial charge in [-0.3, -0.25) is 0 Å². The van der Waals surface area contributed by atoms with Crippen molar-refractivity contribution in [3.63, 3.8) is 0 Å². The fourth-order valence-corrected chi connectivity index (χ4v) is 1.73. The Morgan fingerprint density at radius 2 is 1.67 bits per heavy atom. The molecule has 0 atom stereocenters. The van der Waals surface area contributed by atoms with E-state index in [4.69, 9.17) is 0 Å². The van der Waals surface area contributed by atoms with E-state index in [0.717, 1.165) is 19.6 Å². The number of nitrogens with zero attached hydrogens (tertiary/aromatic N) is 1. The van der Waals surface area contributed by atoms with E-state index in [0.29, 0.717) is 0 Å². The van der Waals surface area contributed by atoms with Crippen molar-refractivity contribution in [3.05, 3.63) is 35.4 Å². The first-order valence-electron chi connectivity index (χ1n) is 6.21. The van der Waals surface area contributed by atoms with Crippen LogP contribution < -0.4 is 17.0 Å². The van der Waals surface area contributed by atoms with Crippen LogP contribution in [0.5, 0.6) is 0 Å². The van der Waals surface area contributed by atoms with Crippen LogP contribution in [0.1, 0.15) is 45.7 Å². The zero-order valence-corrected chi connectivity index (χ0v) is 15.4. The van der Waals surface area contributed by atoms with Crippen LogP contribution >= 0.6 is 0 Å². The van der Waals surface area contributed by atoms with Crippen molar-refractivity contribution in [2.45, 2.75) is 46.6 Å². The van der Waals surface area contributed by atoms with Gasteiger partial charge in [-0.2, -0.15) is 29.8 Å². The van der Waals surface area contributed by atoms with E-state index in [1.165, 1.54) is 11.1 Å². The molecule has 0 unspecified atom stereocenters. The third-order valence-electron chi connectivity index (χ3n) is 2.95. The molecule has 1 aromatic rings. The molecule has 0 saturated heterocycles. The van der Waals surface area contributed by atoms with Crippen molar-refractivity contribution < 1.29 is 17.0 Å². The second-order valence-electron chi connectivity index (χ2n) is 5.30. The standard InChI is InChI=1S/C15H24N.BrH.Mg/c1-6-16(7-2)12-13-9-8-10-14(11-13)15(3,4)5;;/h8-10H,6-7,12H2,1-5H3;1H;/q-1;;+2/p-1. The number of hydrogen-bond acceptors (Lipinski definition) is 1. The zero-order chi connectivity index (χ0) is 12.2. The zero-order valence-electron chi connectivity index (χ0n) is 12.4. The van der Waals surface area contributed by atoms with Gasteiger partial charge in [0.1, 0.15) is 0 Å². The Balaban J connectivity index is 0. The molecule has 0 saturated carbocycles. The van der Waals surface area contributed by atoms with Gasteiger partial charge in [-0.25, -0.2) is 0 Å². The van der Waals surface area contributed by atoms with Crippen LogP contribution in [0, 0.1) is 6.07 Å². The summed E-state index contributed by atoms with van der Waals surface area (Å²) in [5.74, 6) is 0. The van der Waals surface area contributed by atoms with E-state index in [-0.39, 0.29) is 45.4 Å². The number of rotatable bonds is 4. The Morgan fingerprint density at radius 1 is 1.11 bits per heavy atom. The molecule has 0 aliphatic rings. The van der Waals surface area contributed by atoms with Crippen LogP contribution in [0.25, 0.3) is 0 Å². The van der Waals surface area contributed by atoms with E-state index >= 15 is 0 Å². The van der Waals surface area contributed by atoms with Crippen molar-refractivity contribution >= 4 is 23.1 Å². The van der Waals surface area contributed by atoms with Gasteiger partial charge in [-0.05, 0) is 18.5 Å². The molecule has 0 heterocycles. The Kier molecular flexibility index (Phi) is 10.8. The van der Waals surface area contributed by atoms with Gasteiger partial charge in [0.2, 0.25) is 0 Å². The van der Waals surface area contributed by atoms with Gasteiger partial charge in [-0.1, -0.05) is 34.6 Å². The van der Waals surface area contributed by atoms with Crippen LogP contribution in [-0.4, -0.2) is 41.0 Å². The summed E-state index contributed by atoms with van der Waals surface area (Å²) >= 11 is 0. The van der Waals surface area contributed by atoms with E-state index in [9.17, 15) is 0 Å². The quantitative estimate of drug-likeness (QED) is 0.567. The molecule has 0 amide bonds. The fraction of sp³-hybridized carbons (Fsp3) is 0.600. The molecule has 0 aromatic heterocycles. The minimum Gasteiger partial charge on any atom is -1.00 e. The van der Waals surface area contributed by atoms with Crippen molar-refractivity contribution in [2.75, 3.05) is 13.1 Å². The van der Waals surface area contributed by atoms with Gasteiger partial charge in [-0.15, -0.1) is 5.56 Å². The fourth-order valence-electron chi connectivity index (χ4n) is 1.73. The molecule has 0 aliphatic carbocycles. The van der Waals surface area contributed by atoms with Gasteiger partial charge >= 0.3 is 23.1 Å². The van der Waals surface area contributed by atoms with E-state index in [1.807, 2.05) is 0 Å². The number of hydrogen-bond donors (Lipinski definition) is 0. The molecule has 0 spiro atoms. The van der Waals surface area contributed by atoms with Crippen molar-refractivity contribution in [3.8, 4) is 0 Å².